The molecule has 20 heavy (non-hydrogen) atoms. The standard InChI is InChI=1S/C12H23N5O.2ClH/c1-9(2)12-16-15-8-17(12)7-6-14-11(18)5-4-10(3)13;;/h8-10H,4-7,13H2,1-3H3,(H,14,18);2*1H. The molecular formula is C12H25Cl2N5O. The first-order chi connectivity index (χ1) is 8.50. The number of carbonyl (C=O) groups excluding carboxylic acids is 1. The molecule has 0 radical (unpaired) electrons. The maximum atomic E-state index is 11.5. The highest BCUT2D eigenvalue weighted by atomic mass is 35.5. The quantitative estimate of drug-likeness (QED) is 0.795. The minimum absolute atomic E-state index is 0. The van der Waals surface area contributed by atoms with E-state index in [1.54, 1.807) is 6.33 Å². The van der Waals surface area contributed by atoms with Crippen LogP contribution in [0.1, 0.15) is 45.4 Å². The first-order valence-corrected chi connectivity index (χ1v) is 6.40. The summed E-state index contributed by atoms with van der Waals surface area (Å²) < 4.78 is 1.97. The number of nitrogens with two attached hydrogens (primary N) is 1. The van der Waals surface area contributed by atoms with Crippen molar-refractivity contribution in [2.24, 2.45) is 5.73 Å². The van der Waals surface area contributed by atoms with E-state index in [4.69, 9.17) is 5.73 Å². The van der Waals surface area contributed by atoms with E-state index in [0.29, 0.717) is 25.4 Å². The van der Waals surface area contributed by atoms with Gasteiger partial charge in [-0.15, -0.1) is 35.0 Å². The number of hydrogen-bond acceptors (Lipinski definition) is 4. The number of halogens is 2. The SMILES string of the molecule is CC(N)CCC(=O)NCCn1cnnc1C(C)C.Cl.Cl. The van der Waals surface area contributed by atoms with Gasteiger partial charge in [-0.2, -0.15) is 0 Å². The van der Waals surface area contributed by atoms with Crippen molar-refractivity contribution in [3.05, 3.63) is 12.2 Å². The van der Waals surface area contributed by atoms with Gasteiger partial charge in [-0.25, -0.2) is 0 Å². The Kier molecular flexibility index (Phi) is 11.7. The molecule has 8 heteroatoms. The predicted octanol–water partition coefficient (Wildman–Crippen LogP) is 1.49. The molecule has 6 nitrogen and oxygen atoms in total. The van der Waals surface area contributed by atoms with Crippen LogP contribution in [0.3, 0.4) is 0 Å². The van der Waals surface area contributed by atoms with Crippen LogP contribution in [-0.4, -0.2) is 33.3 Å². The molecule has 0 fully saturated rings. The van der Waals surface area contributed by atoms with Crippen LogP contribution in [0, 0.1) is 0 Å². The van der Waals surface area contributed by atoms with Gasteiger partial charge in [0.05, 0.1) is 0 Å². The van der Waals surface area contributed by atoms with Crippen LogP contribution in [0.25, 0.3) is 0 Å². The van der Waals surface area contributed by atoms with Crippen LogP contribution in [-0.2, 0) is 11.3 Å². The van der Waals surface area contributed by atoms with E-state index in [-0.39, 0.29) is 36.8 Å². The Morgan fingerprint density at radius 2 is 2.05 bits per heavy atom. The minimum Gasteiger partial charge on any atom is -0.354 e. The Labute approximate surface area is 132 Å². The molecule has 118 valence electrons. The molecular weight excluding hydrogens is 301 g/mol. The smallest absolute Gasteiger partial charge is 0.220 e. The van der Waals surface area contributed by atoms with E-state index in [1.165, 1.54) is 0 Å². The van der Waals surface area contributed by atoms with Crippen molar-refractivity contribution >= 4 is 30.7 Å². The molecule has 1 rings (SSSR count). The van der Waals surface area contributed by atoms with Gasteiger partial charge in [0.2, 0.25) is 5.91 Å². The number of nitrogens with one attached hydrogen (secondary N) is 1. The molecule has 0 aromatic carbocycles. The molecule has 1 atom stereocenters. The normalized spacial score (nSPS) is 11.4. The van der Waals surface area contributed by atoms with Crippen LogP contribution in [0.15, 0.2) is 6.33 Å². The average molecular weight is 326 g/mol. The zero-order chi connectivity index (χ0) is 13.5. The second-order valence-corrected chi connectivity index (χ2v) is 4.90. The summed E-state index contributed by atoms with van der Waals surface area (Å²) in [5, 5.41) is 10.8. The van der Waals surface area contributed by atoms with Crippen molar-refractivity contribution in [2.45, 2.75) is 52.1 Å². The highest BCUT2D eigenvalue weighted by molar-refractivity contribution is 5.85. The summed E-state index contributed by atoms with van der Waals surface area (Å²) in [7, 11) is 0. The second kappa shape index (κ2) is 10.9. The monoisotopic (exact) mass is 325 g/mol. The van der Waals surface area contributed by atoms with Crippen molar-refractivity contribution in [1.82, 2.24) is 20.1 Å². The topological polar surface area (TPSA) is 85.8 Å². The van der Waals surface area contributed by atoms with Gasteiger partial charge in [0, 0.05) is 31.5 Å². The predicted molar refractivity (Wildman–Crippen MR) is 84.5 cm³/mol. The number of nitrogens with zero attached hydrogens (tertiary/aromatic N) is 3. The molecule has 0 saturated carbocycles. The van der Waals surface area contributed by atoms with Gasteiger partial charge in [0.1, 0.15) is 12.2 Å². The van der Waals surface area contributed by atoms with E-state index in [0.717, 1.165) is 12.2 Å². The van der Waals surface area contributed by atoms with Crippen molar-refractivity contribution in [1.29, 1.82) is 0 Å². The molecule has 0 aliphatic carbocycles. The van der Waals surface area contributed by atoms with Crippen molar-refractivity contribution in [3.63, 3.8) is 0 Å². The number of hydrogen-bond donors (Lipinski definition) is 2. The average Bonchev–Trinajstić information content (AvgIpc) is 2.74. The summed E-state index contributed by atoms with van der Waals surface area (Å²) in [5.74, 6) is 1.33. The highest BCUT2D eigenvalue weighted by Crippen LogP contribution is 2.09. The zero-order valence-corrected chi connectivity index (χ0v) is 13.8. The molecule has 3 N–H and O–H groups in total. The van der Waals surface area contributed by atoms with E-state index in [9.17, 15) is 4.79 Å². The number of carbonyl (C=O) groups is 1. The summed E-state index contributed by atoms with van der Waals surface area (Å²) >= 11 is 0. The lowest BCUT2D eigenvalue weighted by molar-refractivity contribution is -0.121. The zero-order valence-electron chi connectivity index (χ0n) is 12.2. The van der Waals surface area contributed by atoms with Crippen LogP contribution >= 0.6 is 24.8 Å². The molecule has 0 aliphatic heterocycles. The third-order valence-corrected chi connectivity index (χ3v) is 2.66. The second-order valence-electron chi connectivity index (χ2n) is 4.90. The third kappa shape index (κ3) is 7.67. The van der Waals surface area contributed by atoms with Gasteiger partial charge in [-0.05, 0) is 13.3 Å². The van der Waals surface area contributed by atoms with Gasteiger partial charge in [-0.1, -0.05) is 13.8 Å². The Morgan fingerprint density at radius 3 is 2.60 bits per heavy atom. The summed E-state index contributed by atoms with van der Waals surface area (Å²) in [6.45, 7) is 7.34. The molecule has 0 saturated heterocycles. The number of rotatable bonds is 7. The van der Waals surface area contributed by atoms with Gasteiger partial charge in [0.15, 0.2) is 0 Å². The first-order valence-electron chi connectivity index (χ1n) is 6.40. The molecule has 1 aromatic heterocycles. The maximum absolute atomic E-state index is 11.5. The Bertz CT molecular complexity index is 382. The van der Waals surface area contributed by atoms with E-state index in [2.05, 4.69) is 29.4 Å². The molecule has 1 heterocycles. The van der Waals surface area contributed by atoms with E-state index >= 15 is 0 Å². The summed E-state index contributed by atoms with van der Waals surface area (Å²) in [6, 6.07) is 0.0705. The van der Waals surface area contributed by atoms with E-state index < -0.39 is 0 Å². The van der Waals surface area contributed by atoms with Crippen LogP contribution < -0.4 is 11.1 Å². The van der Waals surface area contributed by atoms with Crippen LogP contribution in [0.2, 0.25) is 0 Å². The molecule has 0 bridgehead atoms. The minimum atomic E-state index is 0. The number of amides is 1. The fourth-order valence-corrected chi connectivity index (χ4v) is 1.65. The Balaban J connectivity index is 0. The van der Waals surface area contributed by atoms with Crippen molar-refractivity contribution < 1.29 is 4.79 Å². The van der Waals surface area contributed by atoms with Crippen molar-refractivity contribution in [3.8, 4) is 0 Å². The largest absolute Gasteiger partial charge is 0.354 e. The van der Waals surface area contributed by atoms with Crippen molar-refractivity contribution in [2.75, 3.05) is 6.54 Å². The summed E-state index contributed by atoms with van der Waals surface area (Å²) in [4.78, 5) is 11.5. The molecule has 1 amide bonds. The lowest BCUT2D eigenvalue weighted by Gasteiger charge is -2.10. The maximum Gasteiger partial charge on any atom is 0.220 e. The first kappa shape index (κ1) is 21.4. The van der Waals surface area contributed by atoms with Crippen LogP contribution in [0.4, 0.5) is 0 Å². The Morgan fingerprint density at radius 1 is 1.40 bits per heavy atom. The van der Waals surface area contributed by atoms with Gasteiger partial charge < -0.3 is 15.6 Å². The van der Waals surface area contributed by atoms with Gasteiger partial charge >= 0.3 is 0 Å². The third-order valence-electron chi connectivity index (χ3n) is 2.66. The van der Waals surface area contributed by atoms with E-state index in [1.807, 2.05) is 11.5 Å². The van der Waals surface area contributed by atoms with Gasteiger partial charge in [-0.3, -0.25) is 4.79 Å². The highest BCUT2D eigenvalue weighted by Gasteiger charge is 2.08. The summed E-state index contributed by atoms with van der Waals surface area (Å²) in [5.41, 5.74) is 5.60. The fourth-order valence-electron chi connectivity index (χ4n) is 1.65. The molecule has 0 aliphatic rings. The lowest BCUT2D eigenvalue weighted by atomic mass is 10.2. The lowest BCUT2D eigenvalue weighted by Crippen LogP contribution is -2.29. The fraction of sp³-hybridized carbons (Fsp3) is 0.750. The van der Waals surface area contributed by atoms with Gasteiger partial charge in [0.25, 0.3) is 0 Å². The molecule has 1 aromatic rings. The summed E-state index contributed by atoms with van der Waals surface area (Å²) in [6.07, 6.45) is 2.90. The van der Waals surface area contributed by atoms with Crippen LogP contribution in [0.5, 0.6) is 0 Å². The molecule has 0 spiro atoms. The Hall–Kier alpha value is -0.850. The molecule has 1 unspecified atom stereocenters. The number of aromatic nitrogens is 3.